The topological polar surface area (TPSA) is 83.9 Å². The second-order valence-corrected chi connectivity index (χ2v) is 12.8. The fraction of sp³-hybridized carbons (Fsp3) is 0.552. The molecule has 0 bridgehead atoms. The van der Waals surface area contributed by atoms with Crippen molar-refractivity contribution in [3.05, 3.63) is 50.3 Å². The molecule has 0 spiro atoms. The first-order chi connectivity index (χ1) is 17.2. The van der Waals surface area contributed by atoms with E-state index in [-0.39, 0.29) is 35.4 Å². The number of aliphatic carboxylic acids is 1. The van der Waals surface area contributed by atoms with Crippen molar-refractivity contribution in [2.75, 3.05) is 13.2 Å². The molecular weight excluding hydrogens is 513 g/mol. The molecule has 0 fully saturated rings. The van der Waals surface area contributed by atoms with Gasteiger partial charge in [0.15, 0.2) is 11.6 Å². The lowest BCUT2D eigenvalue weighted by molar-refractivity contribution is -0.137. The molecule has 4 rings (SSSR count). The highest BCUT2D eigenvalue weighted by Gasteiger charge is 2.49. The molecule has 1 N–H and O–H groups in total. The molecule has 0 unspecified atom stereocenters. The van der Waals surface area contributed by atoms with Crippen molar-refractivity contribution in [3.8, 4) is 5.75 Å². The minimum atomic E-state index is -0.925. The summed E-state index contributed by atoms with van der Waals surface area (Å²) in [5.41, 5.74) is 2.68. The molecule has 0 amide bonds. The Morgan fingerprint density at radius 2 is 1.54 bits per heavy atom. The highest BCUT2D eigenvalue weighted by molar-refractivity contribution is 6.35. The van der Waals surface area contributed by atoms with Crippen LogP contribution in [0.15, 0.2) is 34.7 Å². The Labute approximate surface area is 228 Å². The molecule has 1 aliphatic heterocycles. The van der Waals surface area contributed by atoms with Crippen LogP contribution in [0.4, 0.5) is 0 Å². The van der Waals surface area contributed by atoms with Gasteiger partial charge in [-0.05, 0) is 42.2 Å². The third-order valence-corrected chi connectivity index (χ3v) is 7.87. The maximum atomic E-state index is 13.9. The van der Waals surface area contributed by atoms with Gasteiger partial charge in [0.2, 0.25) is 0 Å². The van der Waals surface area contributed by atoms with Crippen LogP contribution in [0.2, 0.25) is 10.0 Å². The average molecular weight is 549 g/mol. The van der Waals surface area contributed by atoms with E-state index in [2.05, 4.69) is 0 Å². The number of benzene rings is 1. The fourth-order valence-corrected chi connectivity index (χ4v) is 6.55. The van der Waals surface area contributed by atoms with Gasteiger partial charge in [-0.1, -0.05) is 57.8 Å². The molecule has 1 heterocycles. The molecule has 2 aliphatic carbocycles. The second kappa shape index (κ2) is 10.1. The zero-order chi connectivity index (χ0) is 27.3. The molecule has 8 heteroatoms. The van der Waals surface area contributed by atoms with E-state index in [1.807, 2.05) is 39.5 Å². The second-order valence-electron chi connectivity index (χ2n) is 12.0. The Hall–Kier alpha value is -2.31. The van der Waals surface area contributed by atoms with E-state index in [1.54, 1.807) is 12.1 Å². The molecule has 37 heavy (non-hydrogen) atoms. The summed E-state index contributed by atoms with van der Waals surface area (Å²) in [4.78, 5) is 41.3. The van der Waals surface area contributed by atoms with Crippen LogP contribution in [0.25, 0.3) is 0 Å². The molecule has 0 atom stereocenters. The zero-order valence-electron chi connectivity index (χ0n) is 22.2. The predicted molar refractivity (Wildman–Crippen MR) is 144 cm³/mol. The van der Waals surface area contributed by atoms with Crippen LogP contribution < -0.4 is 4.74 Å². The standard InChI is InChI=1S/C29H35Cl2NO5/c1-6-9-37-27-17(10-16(30)11-18(27)31)24-25-19(12-28(2,3)14-21(25)33)32(8-7-23(35)36)20-13-29(4,5)15-22(34)26(20)24/h10-11,24H,6-9,12-15H2,1-5H3,(H,35,36). The van der Waals surface area contributed by atoms with Crippen molar-refractivity contribution in [2.45, 2.75) is 79.1 Å². The van der Waals surface area contributed by atoms with Crippen molar-refractivity contribution in [2.24, 2.45) is 10.8 Å². The van der Waals surface area contributed by atoms with E-state index < -0.39 is 11.9 Å². The van der Waals surface area contributed by atoms with Crippen molar-refractivity contribution in [1.29, 1.82) is 0 Å². The fourth-order valence-electron chi connectivity index (χ4n) is 5.99. The normalized spacial score (nSPS) is 21.2. The number of hydrogen-bond donors (Lipinski definition) is 1. The number of nitrogens with zero attached hydrogens (tertiary/aromatic N) is 1. The Morgan fingerprint density at radius 1 is 1.00 bits per heavy atom. The lowest BCUT2D eigenvalue weighted by atomic mass is 9.63. The van der Waals surface area contributed by atoms with E-state index in [9.17, 15) is 19.5 Å². The molecule has 0 radical (unpaired) electrons. The number of carboxylic acids is 1. The van der Waals surface area contributed by atoms with Crippen LogP contribution in [0, 0.1) is 10.8 Å². The minimum Gasteiger partial charge on any atom is -0.492 e. The number of rotatable bonds is 7. The lowest BCUT2D eigenvalue weighted by Gasteiger charge is -2.49. The van der Waals surface area contributed by atoms with Gasteiger partial charge in [0.05, 0.1) is 18.1 Å². The molecule has 3 aliphatic rings. The largest absolute Gasteiger partial charge is 0.492 e. The van der Waals surface area contributed by atoms with Gasteiger partial charge in [0.1, 0.15) is 5.75 Å². The van der Waals surface area contributed by atoms with Crippen molar-refractivity contribution >= 4 is 40.7 Å². The Bertz CT molecular complexity index is 1170. The lowest BCUT2D eigenvalue weighted by Crippen LogP contribution is -2.45. The Kier molecular flexibility index (Phi) is 7.57. The summed E-state index contributed by atoms with van der Waals surface area (Å²) in [5, 5.41) is 10.2. The quantitative estimate of drug-likeness (QED) is 0.397. The zero-order valence-corrected chi connectivity index (χ0v) is 23.7. The first-order valence-corrected chi connectivity index (χ1v) is 13.6. The number of hydrogen-bond acceptors (Lipinski definition) is 5. The van der Waals surface area contributed by atoms with Crippen LogP contribution in [-0.2, 0) is 14.4 Å². The molecule has 0 saturated heterocycles. The van der Waals surface area contributed by atoms with Crippen LogP contribution >= 0.6 is 23.2 Å². The van der Waals surface area contributed by atoms with Crippen molar-refractivity contribution in [3.63, 3.8) is 0 Å². The van der Waals surface area contributed by atoms with Gasteiger partial charge in [-0.25, -0.2) is 0 Å². The molecule has 0 aromatic heterocycles. The summed E-state index contributed by atoms with van der Waals surface area (Å²) in [7, 11) is 0. The average Bonchev–Trinajstić information content (AvgIpc) is 2.74. The Morgan fingerprint density at radius 3 is 2.03 bits per heavy atom. The van der Waals surface area contributed by atoms with Crippen LogP contribution in [-0.4, -0.2) is 40.7 Å². The SMILES string of the molecule is CCCOc1c(Cl)cc(Cl)cc1C1C2=C(CC(C)(C)CC2=O)N(CCC(=O)O)C2=C1C(=O)CC(C)(C)C2. The Balaban J connectivity index is 2.04. The van der Waals surface area contributed by atoms with E-state index in [0.717, 1.165) is 17.8 Å². The number of halogens is 2. The maximum absolute atomic E-state index is 13.9. The van der Waals surface area contributed by atoms with Gasteiger partial charge in [-0.3, -0.25) is 14.4 Å². The molecule has 200 valence electrons. The highest BCUT2D eigenvalue weighted by Crippen LogP contribution is 2.56. The molecule has 6 nitrogen and oxygen atoms in total. The number of Topliss-reactive ketones (excluding diaryl/α,β-unsaturated/α-hetero) is 2. The third-order valence-electron chi connectivity index (χ3n) is 7.37. The van der Waals surface area contributed by atoms with Crippen LogP contribution in [0.5, 0.6) is 5.75 Å². The number of carboxylic acid groups (broad SMARTS) is 1. The van der Waals surface area contributed by atoms with E-state index in [0.29, 0.717) is 64.8 Å². The molecular formula is C29H35Cl2NO5. The van der Waals surface area contributed by atoms with Crippen molar-refractivity contribution < 1.29 is 24.2 Å². The maximum Gasteiger partial charge on any atom is 0.305 e. The number of ether oxygens (including phenoxy) is 1. The molecule has 0 saturated carbocycles. The summed E-state index contributed by atoms with van der Waals surface area (Å²) in [6.07, 6.45) is 2.50. The number of carbonyl (C=O) groups is 3. The van der Waals surface area contributed by atoms with Crippen molar-refractivity contribution in [1.82, 2.24) is 4.90 Å². The molecule has 1 aromatic carbocycles. The van der Waals surface area contributed by atoms with E-state index in [1.165, 1.54) is 0 Å². The summed E-state index contributed by atoms with van der Waals surface area (Å²) in [6.45, 7) is 10.8. The van der Waals surface area contributed by atoms with Gasteiger partial charge in [-0.15, -0.1) is 0 Å². The van der Waals surface area contributed by atoms with Gasteiger partial charge in [-0.2, -0.15) is 0 Å². The van der Waals surface area contributed by atoms with E-state index in [4.69, 9.17) is 27.9 Å². The summed E-state index contributed by atoms with van der Waals surface area (Å²) >= 11 is 13.1. The first kappa shape index (κ1) is 27.7. The van der Waals surface area contributed by atoms with Gasteiger partial charge in [0.25, 0.3) is 0 Å². The first-order valence-electron chi connectivity index (χ1n) is 12.9. The summed E-state index contributed by atoms with van der Waals surface area (Å²) in [5.74, 6) is -1.24. The number of ketones is 2. The number of allylic oxidation sites excluding steroid dienone is 4. The highest BCUT2D eigenvalue weighted by atomic mass is 35.5. The summed E-state index contributed by atoms with van der Waals surface area (Å²) < 4.78 is 6.09. The predicted octanol–water partition coefficient (Wildman–Crippen LogP) is 6.94. The molecule has 1 aromatic rings. The van der Waals surface area contributed by atoms with Gasteiger partial charge >= 0.3 is 5.97 Å². The van der Waals surface area contributed by atoms with Gasteiger partial charge < -0.3 is 14.7 Å². The third kappa shape index (κ3) is 5.46. The monoisotopic (exact) mass is 547 g/mol. The minimum absolute atomic E-state index is 0.0432. The van der Waals surface area contributed by atoms with Crippen LogP contribution in [0.3, 0.4) is 0 Å². The smallest absolute Gasteiger partial charge is 0.305 e. The van der Waals surface area contributed by atoms with Crippen LogP contribution in [0.1, 0.15) is 84.6 Å². The summed E-state index contributed by atoms with van der Waals surface area (Å²) in [6, 6.07) is 3.37. The number of carbonyl (C=O) groups excluding carboxylic acids is 2. The van der Waals surface area contributed by atoms with E-state index >= 15 is 0 Å². The van der Waals surface area contributed by atoms with Gasteiger partial charge in [0, 0.05) is 58.4 Å².